The third-order valence-electron chi connectivity index (χ3n) is 7.98. The fourth-order valence-electron chi connectivity index (χ4n) is 5.62. The Morgan fingerprint density at radius 2 is 1.89 bits per heavy atom. The lowest BCUT2D eigenvalue weighted by Gasteiger charge is -2.30. The molecule has 1 aromatic carbocycles. The van der Waals surface area contributed by atoms with E-state index in [2.05, 4.69) is 29.9 Å². The molecule has 0 unspecified atom stereocenters. The number of rotatable bonds is 12. The van der Waals surface area contributed by atoms with Gasteiger partial charge in [0.15, 0.2) is 16.6 Å². The number of carbonyl (C=O) groups excluding carboxylic acids is 1. The molecule has 46 heavy (non-hydrogen) atoms. The summed E-state index contributed by atoms with van der Waals surface area (Å²) in [6.07, 6.45) is 0.815. The summed E-state index contributed by atoms with van der Waals surface area (Å²) in [4.78, 5) is 42.6. The fourth-order valence-corrected chi connectivity index (χ4v) is 6.62. The molecule has 4 heterocycles. The van der Waals surface area contributed by atoms with Crippen molar-refractivity contribution in [3.63, 3.8) is 0 Å². The standard InChI is InChI=1S/C30H35F3N6O6S/c1-3-44-17-20-5-4-10-39(20)16-24-26(19-6-7-22(43-2)23(13-19)45-30(31,32)33)36-29(46-24)37-27(40)21-14-35-25(15-34-21)38-11-8-18(9-12-38)28(41)42/h6-7,13-15,18,20H,3-5,8-12,16-17H2,1-2H3,(H,41,42)(H,36,37,40)/t20-/m0/s1. The number of nitrogens with one attached hydrogen (secondary N) is 1. The lowest BCUT2D eigenvalue weighted by Crippen LogP contribution is -2.36. The number of ether oxygens (including phenoxy) is 3. The Morgan fingerprint density at radius 1 is 1.11 bits per heavy atom. The Morgan fingerprint density at radius 3 is 2.54 bits per heavy atom. The summed E-state index contributed by atoms with van der Waals surface area (Å²) in [5.74, 6) is -1.79. The summed E-state index contributed by atoms with van der Waals surface area (Å²) in [7, 11) is 1.25. The largest absolute Gasteiger partial charge is 0.573 e. The number of anilines is 2. The van der Waals surface area contributed by atoms with E-state index in [1.165, 1.54) is 43.0 Å². The molecule has 248 valence electrons. The molecule has 0 spiro atoms. The number of hydrogen-bond donors (Lipinski definition) is 2. The number of piperidine rings is 1. The van der Waals surface area contributed by atoms with Crippen LogP contribution < -0.4 is 19.7 Å². The molecular weight excluding hydrogens is 629 g/mol. The van der Waals surface area contributed by atoms with Gasteiger partial charge in [0.05, 0.1) is 37.7 Å². The summed E-state index contributed by atoms with van der Waals surface area (Å²) in [6, 6.07) is 4.38. The van der Waals surface area contributed by atoms with E-state index in [9.17, 15) is 27.9 Å². The van der Waals surface area contributed by atoms with Gasteiger partial charge in [-0.15, -0.1) is 13.2 Å². The van der Waals surface area contributed by atoms with Crippen LogP contribution in [-0.2, 0) is 16.1 Å². The Kier molecular flexibility index (Phi) is 10.6. The van der Waals surface area contributed by atoms with Crippen LogP contribution in [0.3, 0.4) is 0 Å². The van der Waals surface area contributed by atoms with Crippen LogP contribution in [-0.4, -0.2) is 89.2 Å². The quantitative estimate of drug-likeness (QED) is 0.269. The summed E-state index contributed by atoms with van der Waals surface area (Å²) < 4.78 is 54.5. The molecule has 1 atom stereocenters. The van der Waals surface area contributed by atoms with Crippen LogP contribution in [0.25, 0.3) is 11.3 Å². The number of aromatic nitrogens is 3. The zero-order chi connectivity index (χ0) is 32.8. The Bertz CT molecular complexity index is 1510. The number of likely N-dealkylation sites (tertiary alicyclic amines) is 1. The van der Waals surface area contributed by atoms with Crippen LogP contribution in [0.1, 0.15) is 48.0 Å². The highest BCUT2D eigenvalue weighted by atomic mass is 32.1. The van der Waals surface area contributed by atoms with Gasteiger partial charge in [-0.1, -0.05) is 11.3 Å². The first-order valence-electron chi connectivity index (χ1n) is 14.9. The van der Waals surface area contributed by atoms with E-state index in [1.54, 1.807) is 6.07 Å². The van der Waals surface area contributed by atoms with Crippen molar-refractivity contribution < 1.29 is 42.1 Å². The fraction of sp³-hybridized carbons (Fsp3) is 0.500. The minimum Gasteiger partial charge on any atom is -0.493 e. The average molecular weight is 665 g/mol. The van der Waals surface area contributed by atoms with Gasteiger partial charge in [-0.05, 0) is 57.4 Å². The molecule has 1 amide bonds. The highest BCUT2D eigenvalue weighted by Crippen LogP contribution is 2.39. The van der Waals surface area contributed by atoms with Crippen LogP contribution in [0.2, 0.25) is 0 Å². The maximum atomic E-state index is 13.2. The smallest absolute Gasteiger partial charge is 0.493 e. The van der Waals surface area contributed by atoms with Crippen molar-refractivity contribution in [1.29, 1.82) is 0 Å². The second-order valence-corrected chi connectivity index (χ2v) is 12.0. The van der Waals surface area contributed by atoms with Crippen molar-refractivity contribution in [3.8, 4) is 22.8 Å². The first-order valence-corrected chi connectivity index (χ1v) is 15.7. The molecular formula is C30H35F3N6O6S. The number of halogens is 3. The number of thiazole rings is 1. The van der Waals surface area contributed by atoms with Crippen LogP contribution in [0.5, 0.6) is 11.5 Å². The monoisotopic (exact) mass is 664 g/mol. The number of carboxylic acids is 1. The van der Waals surface area contributed by atoms with Crippen LogP contribution >= 0.6 is 11.3 Å². The lowest BCUT2D eigenvalue weighted by atomic mass is 9.97. The zero-order valence-electron chi connectivity index (χ0n) is 25.4. The summed E-state index contributed by atoms with van der Waals surface area (Å²) in [5, 5.41) is 12.2. The molecule has 0 radical (unpaired) electrons. The van der Waals surface area contributed by atoms with Crippen molar-refractivity contribution in [2.45, 2.75) is 51.6 Å². The van der Waals surface area contributed by atoms with Crippen molar-refractivity contribution >= 4 is 34.2 Å². The van der Waals surface area contributed by atoms with Crippen LogP contribution in [0.4, 0.5) is 24.1 Å². The number of carbonyl (C=O) groups is 2. The molecule has 12 nitrogen and oxygen atoms in total. The molecule has 2 fully saturated rings. The van der Waals surface area contributed by atoms with Gasteiger partial charge in [-0.3, -0.25) is 19.8 Å². The Balaban J connectivity index is 1.37. The highest BCUT2D eigenvalue weighted by molar-refractivity contribution is 7.16. The second kappa shape index (κ2) is 14.6. The molecule has 0 bridgehead atoms. The van der Waals surface area contributed by atoms with Gasteiger partial charge in [-0.25, -0.2) is 15.0 Å². The topological polar surface area (TPSA) is 139 Å². The maximum Gasteiger partial charge on any atom is 0.573 e. The van der Waals surface area contributed by atoms with E-state index in [4.69, 9.17) is 9.47 Å². The predicted octanol–water partition coefficient (Wildman–Crippen LogP) is 5.06. The zero-order valence-corrected chi connectivity index (χ0v) is 26.2. The number of nitrogens with zero attached hydrogens (tertiary/aromatic N) is 5. The summed E-state index contributed by atoms with van der Waals surface area (Å²) in [5.41, 5.74) is 0.815. The van der Waals surface area contributed by atoms with E-state index in [0.717, 1.165) is 24.3 Å². The molecule has 2 aliphatic rings. The van der Waals surface area contributed by atoms with Gasteiger partial charge in [0.25, 0.3) is 5.91 Å². The number of amides is 1. The molecule has 0 aliphatic carbocycles. The summed E-state index contributed by atoms with van der Waals surface area (Å²) in [6.45, 7) is 5.39. The number of carboxylic acid groups (broad SMARTS) is 1. The van der Waals surface area contributed by atoms with Crippen molar-refractivity contribution in [2.75, 3.05) is 50.2 Å². The number of hydrogen-bond acceptors (Lipinski definition) is 11. The van der Waals surface area contributed by atoms with Gasteiger partial charge < -0.3 is 24.2 Å². The third kappa shape index (κ3) is 8.22. The van der Waals surface area contributed by atoms with E-state index >= 15 is 0 Å². The molecule has 3 aromatic rings. The van der Waals surface area contributed by atoms with E-state index in [-0.39, 0.29) is 28.5 Å². The summed E-state index contributed by atoms with van der Waals surface area (Å²) >= 11 is 1.22. The second-order valence-electron chi connectivity index (χ2n) is 10.9. The van der Waals surface area contributed by atoms with Gasteiger partial charge in [0.1, 0.15) is 11.5 Å². The van der Waals surface area contributed by atoms with Gasteiger partial charge in [0, 0.05) is 42.7 Å². The molecule has 0 saturated carbocycles. The van der Waals surface area contributed by atoms with Gasteiger partial charge >= 0.3 is 12.3 Å². The number of alkyl halides is 3. The Labute approximate surface area is 267 Å². The lowest BCUT2D eigenvalue weighted by molar-refractivity contribution is -0.275. The van der Waals surface area contributed by atoms with E-state index in [0.29, 0.717) is 62.8 Å². The molecule has 5 rings (SSSR count). The van der Waals surface area contributed by atoms with Crippen LogP contribution in [0.15, 0.2) is 30.6 Å². The highest BCUT2D eigenvalue weighted by Gasteiger charge is 2.33. The van der Waals surface area contributed by atoms with Crippen molar-refractivity contribution in [3.05, 3.63) is 41.2 Å². The maximum absolute atomic E-state index is 13.2. The van der Waals surface area contributed by atoms with Crippen molar-refractivity contribution in [2.24, 2.45) is 5.92 Å². The minimum atomic E-state index is -4.93. The number of benzene rings is 1. The Hall–Kier alpha value is -4.02. The molecule has 16 heteroatoms. The molecule has 2 N–H and O–H groups in total. The SMILES string of the molecule is CCOC[C@@H]1CCCN1Cc1sc(NC(=O)c2cnc(N3CCC(C(=O)O)CC3)cn2)nc1-c1ccc(OC)c(OC(F)(F)F)c1. The molecule has 2 aromatic heterocycles. The number of methoxy groups -OCH3 is 1. The average Bonchev–Trinajstić information content (AvgIpc) is 3.65. The molecule has 2 aliphatic heterocycles. The first kappa shape index (κ1) is 33.3. The van der Waals surface area contributed by atoms with Gasteiger partial charge in [0.2, 0.25) is 0 Å². The van der Waals surface area contributed by atoms with E-state index in [1.807, 2.05) is 11.8 Å². The first-order chi connectivity index (χ1) is 22.0. The third-order valence-corrected chi connectivity index (χ3v) is 8.94. The van der Waals surface area contributed by atoms with Crippen molar-refractivity contribution in [1.82, 2.24) is 19.9 Å². The minimum absolute atomic E-state index is 0.0455. The number of aliphatic carboxylic acids is 1. The van der Waals surface area contributed by atoms with E-state index < -0.39 is 24.0 Å². The predicted molar refractivity (Wildman–Crippen MR) is 163 cm³/mol. The molecule has 2 saturated heterocycles. The van der Waals surface area contributed by atoms with Gasteiger partial charge in [-0.2, -0.15) is 0 Å². The normalized spacial score (nSPS) is 17.7. The van der Waals surface area contributed by atoms with Crippen LogP contribution in [0, 0.1) is 5.92 Å².